The number of thiazole rings is 1. The van der Waals surface area contributed by atoms with Crippen molar-refractivity contribution in [1.82, 2.24) is 28.9 Å². The third-order valence-corrected chi connectivity index (χ3v) is 7.79. The van der Waals surface area contributed by atoms with Gasteiger partial charge in [-0.2, -0.15) is 14.4 Å². The topological polar surface area (TPSA) is 122 Å². The van der Waals surface area contributed by atoms with Crippen LogP contribution in [0.1, 0.15) is 37.1 Å². The third-order valence-electron chi connectivity index (χ3n) is 4.57. The number of anilines is 1. The number of amides is 1. The van der Waals surface area contributed by atoms with Gasteiger partial charge in [-0.05, 0) is 25.8 Å². The number of rotatable bonds is 4. The van der Waals surface area contributed by atoms with Crippen molar-refractivity contribution in [3.63, 3.8) is 0 Å². The molecule has 0 spiro atoms. The molecule has 1 unspecified atom stereocenters. The Labute approximate surface area is 165 Å². The smallest absolute Gasteiger partial charge is 0.254 e. The molecule has 0 radical (unpaired) electrons. The second kappa shape index (κ2) is 7.18. The summed E-state index contributed by atoms with van der Waals surface area (Å²) in [5, 5.41) is 7.03. The third kappa shape index (κ3) is 3.50. The summed E-state index contributed by atoms with van der Waals surface area (Å²) < 4.78 is 29.4. The van der Waals surface area contributed by atoms with E-state index in [1.165, 1.54) is 23.8 Å². The Hall–Kier alpha value is -2.44. The molecule has 3 aromatic heterocycles. The number of nitrogens with zero attached hydrogens (tertiary/aromatic N) is 6. The molecular formula is C16H19N7O3S2. The molecule has 1 atom stereocenters. The first-order valence-corrected chi connectivity index (χ1v) is 11.0. The van der Waals surface area contributed by atoms with Gasteiger partial charge in [-0.25, -0.2) is 22.9 Å². The molecule has 0 bridgehead atoms. The van der Waals surface area contributed by atoms with Crippen molar-refractivity contribution in [2.75, 3.05) is 18.4 Å². The van der Waals surface area contributed by atoms with Gasteiger partial charge >= 0.3 is 0 Å². The Balaban J connectivity index is 1.62. The van der Waals surface area contributed by atoms with E-state index in [1.807, 2.05) is 13.0 Å². The zero-order chi connectivity index (χ0) is 19.9. The van der Waals surface area contributed by atoms with Crippen molar-refractivity contribution < 1.29 is 13.2 Å². The maximum atomic E-state index is 13.1. The first-order chi connectivity index (χ1) is 13.3. The highest BCUT2D eigenvalue weighted by Crippen LogP contribution is 2.32. The molecule has 0 aliphatic carbocycles. The minimum Gasteiger partial charge on any atom is -0.302 e. The summed E-state index contributed by atoms with van der Waals surface area (Å²) in [5.41, 5.74) is 1.72. The monoisotopic (exact) mass is 421 g/mol. The summed E-state index contributed by atoms with van der Waals surface area (Å²) in [5.74, 6) is 0.204. The maximum absolute atomic E-state index is 13.1. The van der Waals surface area contributed by atoms with Crippen LogP contribution in [0.4, 0.5) is 5.13 Å². The lowest BCUT2D eigenvalue weighted by atomic mass is 9.95. The van der Waals surface area contributed by atoms with Crippen molar-refractivity contribution in [3.05, 3.63) is 30.0 Å². The summed E-state index contributed by atoms with van der Waals surface area (Å²) in [6.07, 6.45) is 4.33. The van der Waals surface area contributed by atoms with Crippen LogP contribution in [-0.2, 0) is 14.8 Å². The molecule has 1 fully saturated rings. The minimum atomic E-state index is -3.69. The highest BCUT2D eigenvalue weighted by molar-refractivity contribution is 7.91. The van der Waals surface area contributed by atoms with E-state index in [2.05, 4.69) is 25.4 Å². The van der Waals surface area contributed by atoms with E-state index in [0.717, 1.165) is 35.6 Å². The van der Waals surface area contributed by atoms with Gasteiger partial charge in [-0.3, -0.25) is 4.79 Å². The first-order valence-electron chi connectivity index (χ1n) is 8.75. The highest BCUT2D eigenvalue weighted by atomic mass is 32.2. The summed E-state index contributed by atoms with van der Waals surface area (Å²) >= 11 is 0.955. The Kier molecular flexibility index (Phi) is 4.85. The number of hydrogen-bond acceptors (Lipinski definition) is 8. The Bertz CT molecular complexity index is 1140. The van der Waals surface area contributed by atoms with Crippen LogP contribution in [0.25, 0.3) is 5.78 Å². The van der Waals surface area contributed by atoms with Crippen LogP contribution in [0.2, 0.25) is 0 Å². The first kappa shape index (κ1) is 18.9. The number of piperidine rings is 1. The average Bonchev–Trinajstić information content (AvgIpc) is 3.30. The number of sulfonamides is 1. The molecule has 0 aromatic carbocycles. The fraction of sp³-hybridized carbons (Fsp3) is 0.438. The fourth-order valence-electron chi connectivity index (χ4n) is 3.37. The number of fused-ring (bicyclic) bond motifs is 1. The van der Waals surface area contributed by atoms with Crippen LogP contribution in [0.5, 0.6) is 0 Å². The Morgan fingerprint density at radius 1 is 1.36 bits per heavy atom. The van der Waals surface area contributed by atoms with Crippen LogP contribution in [0.15, 0.2) is 22.8 Å². The molecule has 12 heteroatoms. The average molecular weight is 422 g/mol. The van der Waals surface area contributed by atoms with E-state index in [0.29, 0.717) is 18.9 Å². The number of carbonyl (C=O) groups excluding carboxylic acids is 1. The predicted molar refractivity (Wildman–Crippen MR) is 103 cm³/mol. The molecule has 148 valence electrons. The molecule has 10 nitrogen and oxygen atoms in total. The van der Waals surface area contributed by atoms with Gasteiger partial charge in [0.15, 0.2) is 9.34 Å². The molecule has 3 aromatic rings. The molecular weight excluding hydrogens is 402 g/mol. The van der Waals surface area contributed by atoms with E-state index < -0.39 is 10.0 Å². The van der Waals surface area contributed by atoms with Crippen LogP contribution >= 0.6 is 11.3 Å². The van der Waals surface area contributed by atoms with Crippen molar-refractivity contribution >= 4 is 38.2 Å². The van der Waals surface area contributed by atoms with Gasteiger partial charge in [0.1, 0.15) is 6.33 Å². The number of aromatic nitrogens is 5. The number of hydrogen-bond donors (Lipinski definition) is 1. The summed E-state index contributed by atoms with van der Waals surface area (Å²) in [6.45, 7) is 4.02. The van der Waals surface area contributed by atoms with E-state index in [4.69, 9.17) is 0 Å². The van der Waals surface area contributed by atoms with E-state index >= 15 is 0 Å². The lowest BCUT2D eigenvalue weighted by Gasteiger charge is -2.31. The van der Waals surface area contributed by atoms with Crippen molar-refractivity contribution in [2.45, 2.75) is 36.8 Å². The lowest BCUT2D eigenvalue weighted by Crippen LogP contribution is -2.39. The summed E-state index contributed by atoms with van der Waals surface area (Å²) in [4.78, 5) is 23.6. The maximum Gasteiger partial charge on any atom is 0.254 e. The van der Waals surface area contributed by atoms with Crippen molar-refractivity contribution in [2.24, 2.45) is 0 Å². The number of carbonyl (C=O) groups is 1. The van der Waals surface area contributed by atoms with E-state index in [9.17, 15) is 13.2 Å². The molecule has 4 rings (SSSR count). The van der Waals surface area contributed by atoms with Gasteiger partial charge in [0.05, 0.1) is 11.9 Å². The number of nitrogens with one attached hydrogen (secondary N) is 1. The van der Waals surface area contributed by atoms with Gasteiger partial charge < -0.3 is 5.32 Å². The normalized spacial score (nSPS) is 18.4. The quantitative estimate of drug-likeness (QED) is 0.676. The van der Waals surface area contributed by atoms with Crippen molar-refractivity contribution in [1.29, 1.82) is 0 Å². The van der Waals surface area contributed by atoms with Gasteiger partial charge in [0.2, 0.25) is 5.91 Å². The zero-order valence-corrected chi connectivity index (χ0v) is 17.0. The predicted octanol–water partition coefficient (Wildman–Crippen LogP) is 1.42. The van der Waals surface area contributed by atoms with Crippen LogP contribution in [0, 0.1) is 6.92 Å². The van der Waals surface area contributed by atoms with Crippen LogP contribution in [0.3, 0.4) is 0 Å². The van der Waals surface area contributed by atoms with Gasteiger partial charge in [0, 0.05) is 31.6 Å². The standard InChI is InChI=1S/C16H19N7O3S2/c1-10-6-13(23-15(20-10)18-9-19-23)12-4-3-5-22(8-12)28(25,26)14-7-17-16(27-14)21-11(2)24/h6-7,9,12H,3-5,8H2,1-2H3,(H,17,21,24). The van der Waals surface area contributed by atoms with Gasteiger partial charge in [-0.15, -0.1) is 0 Å². The summed E-state index contributed by atoms with van der Waals surface area (Å²) in [6, 6.07) is 1.93. The highest BCUT2D eigenvalue weighted by Gasteiger charge is 2.33. The molecule has 1 aliphatic heterocycles. The molecule has 1 amide bonds. The lowest BCUT2D eigenvalue weighted by molar-refractivity contribution is -0.114. The van der Waals surface area contributed by atoms with E-state index in [-0.39, 0.29) is 21.2 Å². The minimum absolute atomic E-state index is 0.0165. The second-order valence-electron chi connectivity index (χ2n) is 6.66. The molecule has 1 saturated heterocycles. The SMILES string of the molecule is CC(=O)Nc1ncc(S(=O)(=O)N2CCCC(c3cc(C)nc4ncnn34)C2)s1. The summed E-state index contributed by atoms with van der Waals surface area (Å²) in [7, 11) is -3.69. The second-order valence-corrected chi connectivity index (χ2v) is 9.86. The Morgan fingerprint density at radius 3 is 2.96 bits per heavy atom. The van der Waals surface area contributed by atoms with Crippen LogP contribution in [-0.4, -0.2) is 56.3 Å². The van der Waals surface area contributed by atoms with Gasteiger partial charge in [0.25, 0.3) is 15.8 Å². The fourth-order valence-corrected chi connectivity index (χ4v) is 6.12. The largest absolute Gasteiger partial charge is 0.302 e. The molecule has 0 saturated carbocycles. The zero-order valence-electron chi connectivity index (χ0n) is 15.4. The molecule has 1 N–H and O–H groups in total. The van der Waals surface area contributed by atoms with Gasteiger partial charge in [-0.1, -0.05) is 11.3 Å². The van der Waals surface area contributed by atoms with Crippen LogP contribution < -0.4 is 5.32 Å². The molecule has 1 aliphatic rings. The number of aryl methyl sites for hydroxylation is 1. The van der Waals surface area contributed by atoms with Crippen molar-refractivity contribution in [3.8, 4) is 0 Å². The van der Waals surface area contributed by atoms with E-state index in [1.54, 1.807) is 4.52 Å². The Morgan fingerprint density at radius 2 is 2.18 bits per heavy atom. The molecule has 4 heterocycles. The molecule has 28 heavy (non-hydrogen) atoms.